The molecule has 1 aliphatic rings. The summed E-state index contributed by atoms with van der Waals surface area (Å²) in [7, 11) is 1.68. The Bertz CT molecular complexity index is 760. The minimum atomic E-state index is -0.327. The third-order valence-electron chi connectivity index (χ3n) is 4.97. The average Bonchev–Trinajstić information content (AvgIpc) is 2.77. The van der Waals surface area contributed by atoms with Crippen LogP contribution >= 0.6 is 0 Å². The number of hydrogen-bond donors (Lipinski definition) is 1. The number of hydrogen-bond acceptors (Lipinski definition) is 5. The number of benzene rings is 2. The minimum Gasteiger partial charge on any atom is -0.497 e. The van der Waals surface area contributed by atoms with Crippen LogP contribution in [0.25, 0.3) is 0 Å². The van der Waals surface area contributed by atoms with Gasteiger partial charge in [0.2, 0.25) is 0 Å². The summed E-state index contributed by atoms with van der Waals surface area (Å²) in [6, 6.07) is 13.8. The van der Waals surface area contributed by atoms with Crippen LogP contribution in [0.1, 0.15) is 6.42 Å². The van der Waals surface area contributed by atoms with Crippen LogP contribution in [0, 0.1) is 5.82 Å². The van der Waals surface area contributed by atoms with E-state index in [1.54, 1.807) is 7.11 Å². The van der Waals surface area contributed by atoms with Crippen molar-refractivity contribution in [2.75, 3.05) is 57.9 Å². The molecule has 0 bridgehead atoms. The summed E-state index contributed by atoms with van der Waals surface area (Å²) < 4.78 is 23.4. The van der Waals surface area contributed by atoms with Crippen molar-refractivity contribution >= 4 is 11.6 Å². The zero-order valence-electron chi connectivity index (χ0n) is 16.8. The smallest absolute Gasteiger partial charge is 0.257 e. The number of nitrogens with zero attached hydrogens (tertiary/aromatic N) is 2. The lowest BCUT2D eigenvalue weighted by Crippen LogP contribution is -2.47. The van der Waals surface area contributed by atoms with Crippen LogP contribution in [0.5, 0.6) is 11.5 Å². The Hall–Kier alpha value is -2.80. The van der Waals surface area contributed by atoms with Gasteiger partial charge in [-0.1, -0.05) is 0 Å². The molecule has 0 unspecified atom stereocenters. The highest BCUT2D eigenvalue weighted by Crippen LogP contribution is 2.20. The first-order valence-corrected chi connectivity index (χ1v) is 9.90. The molecule has 1 amide bonds. The zero-order chi connectivity index (χ0) is 20.5. The van der Waals surface area contributed by atoms with Gasteiger partial charge in [0.15, 0.2) is 6.61 Å². The number of anilines is 1. The first-order valence-electron chi connectivity index (χ1n) is 9.90. The number of rotatable bonds is 9. The third-order valence-corrected chi connectivity index (χ3v) is 4.97. The summed E-state index contributed by atoms with van der Waals surface area (Å²) in [5.74, 6) is 0.860. The van der Waals surface area contributed by atoms with E-state index in [4.69, 9.17) is 9.47 Å². The van der Waals surface area contributed by atoms with Crippen LogP contribution in [0.3, 0.4) is 0 Å². The maximum absolute atomic E-state index is 12.8. The Morgan fingerprint density at radius 3 is 2.31 bits per heavy atom. The Kier molecular flexibility index (Phi) is 7.69. The van der Waals surface area contributed by atoms with Gasteiger partial charge in [-0.2, -0.15) is 0 Å². The Morgan fingerprint density at radius 1 is 1.00 bits per heavy atom. The van der Waals surface area contributed by atoms with Gasteiger partial charge >= 0.3 is 0 Å². The molecule has 0 atom stereocenters. The maximum atomic E-state index is 12.8. The number of amides is 1. The SMILES string of the molecule is COc1ccc(N2CCN(CCCNC(=O)COc3ccc(F)cc3)CC2)cc1. The quantitative estimate of drug-likeness (QED) is 0.655. The molecule has 2 aromatic carbocycles. The van der Waals surface area contributed by atoms with E-state index in [0.29, 0.717) is 12.3 Å². The second-order valence-electron chi connectivity index (χ2n) is 6.97. The van der Waals surface area contributed by atoms with Gasteiger partial charge in [0.1, 0.15) is 17.3 Å². The Balaban J connectivity index is 1.27. The predicted octanol–water partition coefficient (Wildman–Crippen LogP) is 2.54. The van der Waals surface area contributed by atoms with E-state index in [2.05, 4.69) is 27.2 Å². The van der Waals surface area contributed by atoms with Gasteiger partial charge in [-0.25, -0.2) is 4.39 Å². The fraction of sp³-hybridized carbons (Fsp3) is 0.409. The average molecular weight is 401 g/mol. The molecule has 0 aromatic heterocycles. The zero-order valence-corrected chi connectivity index (χ0v) is 16.8. The van der Waals surface area contributed by atoms with Crippen LogP contribution in [0.15, 0.2) is 48.5 Å². The summed E-state index contributed by atoms with van der Waals surface area (Å²) in [5.41, 5.74) is 1.22. The second-order valence-corrected chi connectivity index (χ2v) is 6.97. The number of carbonyl (C=O) groups is 1. The molecule has 1 saturated heterocycles. The normalized spacial score (nSPS) is 14.5. The molecule has 0 aliphatic carbocycles. The molecule has 29 heavy (non-hydrogen) atoms. The van der Waals surface area contributed by atoms with E-state index < -0.39 is 0 Å². The Morgan fingerprint density at radius 2 is 1.66 bits per heavy atom. The monoisotopic (exact) mass is 401 g/mol. The van der Waals surface area contributed by atoms with Crippen LogP contribution in [-0.4, -0.2) is 63.8 Å². The number of ether oxygens (including phenoxy) is 2. The summed E-state index contributed by atoms with van der Waals surface area (Å²) in [4.78, 5) is 16.6. The third kappa shape index (κ3) is 6.64. The van der Waals surface area contributed by atoms with E-state index in [0.717, 1.165) is 44.9 Å². The number of halogens is 1. The van der Waals surface area contributed by atoms with Crippen molar-refractivity contribution in [2.24, 2.45) is 0 Å². The summed E-state index contributed by atoms with van der Waals surface area (Å²) in [6.07, 6.45) is 0.894. The number of methoxy groups -OCH3 is 1. The van der Waals surface area contributed by atoms with Crippen LogP contribution < -0.4 is 19.7 Å². The van der Waals surface area contributed by atoms with Crippen molar-refractivity contribution in [1.29, 1.82) is 0 Å². The Labute approximate surface area is 171 Å². The van der Waals surface area contributed by atoms with E-state index >= 15 is 0 Å². The largest absolute Gasteiger partial charge is 0.497 e. The fourth-order valence-corrected chi connectivity index (χ4v) is 3.28. The van der Waals surface area contributed by atoms with Crippen molar-refractivity contribution in [3.05, 3.63) is 54.3 Å². The highest BCUT2D eigenvalue weighted by atomic mass is 19.1. The molecule has 6 nitrogen and oxygen atoms in total. The van der Waals surface area contributed by atoms with Gasteiger partial charge in [-0.15, -0.1) is 0 Å². The molecule has 0 spiro atoms. The summed E-state index contributed by atoms with van der Waals surface area (Å²) in [6.45, 7) is 5.50. The maximum Gasteiger partial charge on any atom is 0.257 e. The lowest BCUT2D eigenvalue weighted by molar-refractivity contribution is -0.123. The minimum absolute atomic E-state index is 0.0633. The molecule has 0 saturated carbocycles. The van der Waals surface area contributed by atoms with Crippen molar-refractivity contribution < 1.29 is 18.7 Å². The van der Waals surface area contributed by atoms with Crippen LogP contribution in [-0.2, 0) is 4.79 Å². The first-order chi connectivity index (χ1) is 14.1. The van der Waals surface area contributed by atoms with Gasteiger partial charge in [-0.05, 0) is 61.5 Å². The molecule has 0 radical (unpaired) electrons. The molecular formula is C22H28FN3O3. The topological polar surface area (TPSA) is 54.0 Å². The number of piperazine rings is 1. The van der Waals surface area contributed by atoms with Gasteiger partial charge < -0.3 is 19.7 Å². The number of carbonyl (C=O) groups excluding carboxylic acids is 1. The summed E-state index contributed by atoms with van der Waals surface area (Å²) >= 11 is 0. The van der Waals surface area contributed by atoms with Gasteiger partial charge in [0.05, 0.1) is 7.11 Å². The molecule has 3 rings (SSSR count). The molecular weight excluding hydrogens is 373 g/mol. The highest BCUT2D eigenvalue weighted by Gasteiger charge is 2.16. The second kappa shape index (κ2) is 10.7. The highest BCUT2D eigenvalue weighted by molar-refractivity contribution is 5.77. The van der Waals surface area contributed by atoms with Crippen LogP contribution in [0.4, 0.5) is 10.1 Å². The molecule has 1 aliphatic heterocycles. The molecule has 1 N–H and O–H groups in total. The van der Waals surface area contributed by atoms with E-state index in [-0.39, 0.29) is 18.3 Å². The fourth-order valence-electron chi connectivity index (χ4n) is 3.28. The van der Waals surface area contributed by atoms with Crippen molar-refractivity contribution in [3.63, 3.8) is 0 Å². The molecule has 1 heterocycles. The van der Waals surface area contributed by atoms with Gasteiger partial charge in [0.25, 0.3) is 5.91 Å². The lowest BCUT2D eigenvalue weighted by Gasteiger charge is -2.36. The van der Waals surface area contributed by atoms with Crippen molar-refractivity contribution in [2.45, 2.75) is 6.42 Å². The van der Waals surface area contributed by atoms with E-state index in [1.165, 1.54) is 30.0 Å². The van der Waals surface area contributed by atoms with E-state index in [9.17, 15) is 9.18 Å². The molecule has 156 valence electrons. The van der Waals surface area contributed by atoms with Crippen molar-refractivity contribution in [3.8, 4) is 11.5 Å². The van der Waals surface area contributed by atoms with E-state index in [1.807, 2.05) is 12.1 Å². The van der Waals surface area contributed by atoms with Crippen molar-refractivity contribution in [1.82, 2.24) is 10.2 Å². The molecule has 2 aromatic rings. The number of nitrogens with one attached hydrogen (secondary N) is 1. The van der Waals surface area contributed by atoms with Gasteiger partial charge in [0, 0.05) is 38.4 Å². The lowest BCUT2D eigenvalue weighted by atomic mass is 10.2. The first kappa shape index (κ1) is 20.9. The van der Waals surface area contributed by atoms with Gasteiger partial charge in [-0.3, -0.25) is 9.69 Å². The summed E-state index contributed by atoms with van der Waals surface area (Å²) in [5, 5.41) is 2.86. The predicted molar refractivity (Wildman–Crippen MR) is 111 cm³/mol. The molecule has 7 heteroatoms. The standard InChI is InChI=1S/C22H28FN3O3/c1-28-20-9-5-19(6-10-20)26-15-13-25(14-16-26)12-2-11-24-22(27)17-29-21-7-3-18(23)4-8-21/h3-10H,2,11-17H2,1H3,(H,24,27). The van der Waals surface area contributed by atoms with Crippen LogP contribution in [0.2, 0.25) is 0 Å². The molecule has 1 fully saturated rings.